The van der Waals surface area contributed by atoms with Crippen LogP contribution >= 0.6 is 0 Å². The van der Waals surface area contributed by atoms with Crippen LogP contribution < -0.4 is 10.6 Å². The molecule has 1 aromatic carbocycles. The first-order chi connectivity index (χ1) is 7.16. The van der Waals surface area contributed by atoms with E-state index in [0.29, 0.717) is 6.04 Å². The molecule has 0 spiro atoms. The zero-order chi connectivity index (χ0) is 10.8. The van der Waals surface area contributed by atoms with Gasteiger partial charge in [-0.05, 0) is 37.8 Å². The van der Waals surface area contributed by atoms with Gasteiger partial charge in [0, 0.05) is 11.7 Å². The van der Waals surface area contributed by atoms with Crippen molar-refractivity contribution in [3.05, 3.63) is 29.3 Å². The largest absolute Gasteiger partial charge is 0.335 e. The van der Waals surface area contributed by atoms with Crippen LogP contribution in [0.3, 0.4) is 0 Å². The number of anilines is 1. The molecule has 0 aliphatic heterocycles. The van der Waals surface area contributed by atoms with Crippen LogP contribution in [0.4, 0.5) is 10.5 Å². The van der Waals surface area contributed by atoms with E-state index in [4.69, 9.17) is 0 Å². The normalized spacial score (nSPS) is 14.8. The summed E-state index contributed by atoms with van der Waals surface area (Å²) in [5.41, 5.74) is 3.12. The monoisotopic (exact) mass is 204 g/mol. The van der Waals surface area contributed by atoms with E-state index in [1.165, 1.54) is 0 Å². The highest BCUT2D eigenvalue weighted by molar-refractivity contribution is 5.91. The van der Waals surface area contributed by atoms with Gasteiger partial charge in [0.1, 0.15) is 0 Å². The van der Waals surface area contributed by atoms with Gasteiger partial charge >= 0.3 is 6.03 Å². The summed E-state index contributed by atoms with van der Waals surface area (Å²) in [6.45, 7) is 4.00. The first-order valence-electron chi connectivity index (χ1n) is 5.30. The van der Waals surface area contributed by atoms with Gasteiger partial charge in [0.25, 0.3) is 0 Å². The first-order valence-corrected chi connectivity index (χ1v) is 5.30. The fourth-order valence-electron chi connectivity index (χ4n) is 1.57. The van der Waals surface area contributed by atoms with E-state index in [1.807, 2.05) is 32.0 Å². The van der Waals surface area contributed by atoms with Crippen LogP contribution in [0.25, 0.3) is 0 Å². The lowest BCUT2D eigenvalue weighted by Gasteiger charge is -2.11. The summed E-state index contributed by atoms with van der Waals surface area (Å²) in [4.78, 5) is 11.5. The quantitative estimate of drug-likeness (QED) is 0.763. The Hall–Kier alpha value is -1.51. The molecular weight excluding hydrogens is 188 g/mol. The van der Waals surface area contributed by atoms with Gasteiger partial charge in [-0.1, -0.05) is 18.2 Å². The van der Waals surface area contributed by atoms with E-state index in [2.05, 4.69) is 10.6 Å². The maximum atomic E-state index is 11.5. The van der Waals surface area contributed by atoms with E-state index in [1.54, 1.807) is 0 Å². The zero-order valence-corrected chi connectivity index (χ0v) is 9.13. The number of hydrogen-bond acceptors (Lipinski definition) is 1. The number of benzene rings is 1. The van der Waals surface area contributed by atoms with Crippen molar-refractivity contribution in [1.29, 1.82) is 0 Å². The molecule has 1 aliphatic carbocycles. The third-order valence-corrected chi connectivity index (χ3v) is 2.63. The number of carbonyl (C=O) groups excluding carboxylic acids is 1. The highest BCUT2D eigenvalue weighted by Gasteiger charge is 2.23. The topological polar surface area (TPSA) is 41.1 Å². The molecule has 2 N–H and O–H groups in total. The molecule has 3 heteroatoms. The molecule has 0 heterocycles. The smallest absolute Gasteiger partial charge is 0.319 e. The lowest BCUT2D eigenvalue weighted by molar-refractivity contribution is 0.251. The van der Waals surface area contributed by atoms with Crippen molar-refractivity contribution < 1.29 is 4.79 Å². The van der Waals surface area contributed by atoms with E-state index < -0.39 is 0 Å². The second kappa shape index (κ2) is 3.93. The second-order valence-corrected chi connectivity index (χ2v) is 4.14. The summed E-state index contributed by atoms with van der Waals surface area (Å²) in [7, 11) is 0. The van der Waals surface area contributed by atoms with Crippen LogP contribution in [0.15, 0.2) is 18.2 Å². The minimum Gasteiger partial charge on any atom is -0.335 e. The van der Waals surface area contributed by atoms with Crippen molar-refractivity contribution in [1.82, 2.24) is 5.32 Å². The number of rotatable bonds is 2. The van der Waals surface area contributed by atoms with Crippen LogP contribution in [0.5, 0.6) is 0 Å². The van der Waals surface area contributed by atoms with Crippen LogP contribution in [0.1, 0.15) is 24.0 Å². The van der Waals surface area contributed by atoms with Gasteiger partial charge in [0.2, 0.25) is 0 Å². The maximum absolute atomic E-state index is 11.5. The molecule has 80 valence electrons. The Kier molecular flexibility index (Phi) is 2.62. The molecule has 1 saturated carbocycles. The van der Waals surface area contributed by atoms with Crippen molar-refractivity contribution >= 4 is 11.7 Å². The van der Waals surface area contributed by atoms with Crippen LogP contribution in [0.2, 0.25) is 0 Å². The number of nitrogens with one attached hydrogen (secondary N) is 2. The maximum Gasteiger partial charge on any atom is 0.319 e. The van der Waals surface area contributed by atoms with E-state index in [-0.39, 0.29) is 6.03 Å². The van der Waals surface area contributed by atoms with Crippen molar-refractivity contribution in [2.45, 2.75) is 32.7 Å². The first kappa shape index (κ1) is 10.0. The van der Waals surface area contributed by atoms with Crippen molar-refractivity contribution in [3.63, 3.8) is 0 Å². The summed E-state index contributed by atoms with van der Waals surface area (Å²) >= 11 is 0. The van der Waals surface area contributed by atoms with Crippen molar-refractivity contribution in [3.8, 4) is 0 Å². The third-order valence-electron chi connectivity index (χ3n) is 2.63. The van der Waals surface area contributed by atoms with Gasteiger partial charge < -0.3 is 10.6 Å². The Morgan fingerprint density at radius 3 is 2.40 bits per heavy atom. The molecule has 0 bridgehead atoms. The average Bonchev–Trinajstić information content (AvgIpc) is 2.95. The number of para-hydroxylation sites is 1. The SMILES string of the molecule is Cc1cccc(C)c1NC(=O)NC1CC1. The van der Waals surface area contributed by atoms with Crippen LogP contribution in [-0.4, -0.2) is 12.1 Å². The molecule has 0 radical (unpaired) electrons. The van der Waals surface area contributed by atoms with E-state index in [0.717, 1.165) is 29.7 Å². The summed E-state index contributed by atoms with van der Waals surface area (Å²) < 4.78 is 0. The highest BCUT2D eigenvalue weighted by Crippen LogP contribution is 2.21. The van der Waals surface area contributed by atoms with Gasteiger partial charge in [-0.3, -0.25) is 0 Å². The minimum absolute atomic E-state index is 0.0881. The van der Waals surface area contributed by atoms with Gasteiger partial charge in [0.05, 0.1) is 0 Å². The number of hydrogen-bond donors (Lipinski definition) is 2. The summed E-state index contributed by atoms with van der Waals surface area (Å²) in [6, 6.07) is 6.30. The Labute approximate surface area is 89.9 Å². The molecule has 1 fully saturated rings. The molecule has 3 nitrogen and oxygen atoms in total. The predicted octanol–water partition coefficient (Wildman–Crippen LogP) is 2.59. The Bertz CT molecular complexity index is 363. The van der Waals surface area contributed by atoms with E-state index >= 15 is 0 Å². The molecule has 0 aromatic heterocycles. The Morgan fingerprint density at radius 2 is 1.87 bits per heavy atom. The van der Waals surface area contributed by atoms with Crippen molar-refractivity contribution in [2.75, 3.05) is 5.32 Å². The lowest BCUT2D eigenvalue weighted by Crippen LogP contribution is -2.30. The molecule has 1 aromatic rings. The van der Waals surface area contributed by atoms with Crippen molar-refractivity contribution in [2.24, 2.45) is 0 Å². The van der Waals surface area contributed by atoms with Crippen LogP contribution in [0, 0.1) is 13.8 Å². The third kappa shape index (κ3) is 2.49. The summed E-state index contributed by atoms with van der Waals surface area (Å²) in [5.74, 6) is 0. The molecule has 0 unspecified atom stereocenters. The van der Waals surface area contributed by atoms with Gasteiger partial charge in [-0.2, -0.15) is 0 Å². The summed E-state index contributed by atoms with van der Waals surface area (Å²) in [6.07, 6.45) is 2.22. The minimum atomic E-state index is -0.0881. The van der Waals surface area contributed by atoms with Gasteiger partial charge in [0.15, 0.2) is 0 Å². The molecule has 2 rings (SSSR count). The number of amides is 2. The Morgan fingerprint density at radius 1 is 1.27 bits per heavy atom. The Balaban J connectivity index is 2.05. The molecule has 1 aliphatic rings. The number of aryl methyl sites for hydroxylation is 2. The molecule has 0 saturated heterocycles. The fraction of sp³-hybridized carbons (Fsp3) is 0.417. The summed E-state index contributed by atoms with van der Waals surface area (Å²) in [5, 5.41) is 5.81. The number of urea groups is 1. The molecule has 2 amide bonds. The van der Waals surface area contributed by atoms with E-state index in [9.17, 15) is 4.79 Å². The fourth-order valence-corrected chi connectivity index (χ4v) is 1.57. The highest BCUT2D eigenvalue weighted by atomic mass is 16.2. The second-order valence-electron chi connectivity index (χ2n) is 4.14. The van der Waals surface area contributed by atoms with Crippen LogP contribution in [-0.2, 0) is 0 Å². The molecule has 15 heavy (non-hydrogen) atoms. The number of carbonyl (C=O) groups is 1. The lowest BCUT2D eigenvalue weighted by atomic mass is 10.1. The zero-order valence-electron chi connectivity index (χ0n) is 9.13. The van der Waals surface area contributed by atoms with Gasteiger partial charge in [-0.15, -0.1) is 0 Å². The average molecular weight is 204 g/mol. The molecule has 0 atom stereocenters. The van der Waals surface area contributed by atoms with Gasteiger partial charge in [-0.25, -0.2) is 4.79 Å². The standard InChI is InChI=1S/C12H16N2O/c1-8-4-3-5-9(2)11(8)14-12(15)13-10-6-7-10/h3-5,10H,6-7H2,1-2H3,(H2,13,14,15). The molecular formula is C12H16N2O. The predicted molar refractivity (Wildman–Crippen MR) is 61.1 cm³/mol.